The molecular formula is C9H14NO3P. The first-order valence-corrected chi connectivity index (χ1v) is 5.36. The number of hydrogen-bond donors (Lipinski definition) is 0. The van der Waals surface area contributed by atoms with Crippen molar-refractivity contribution in [3.63, 3.8) is 0 Å². The molecule has 0 aliphatic carbocycles. The van der Waals surface area contributed by atoms with Crippen molar-refractivity contribution in [1.82, 2.24) is 4.75 Å². The summed E-state index contributed by atoms with van der Waals surface area (Å²) in [5, 5.41) is 0. The zero-order valence-corrected chi connectivity index (χ0v) is 9.29. The molecule has 0 saturated carbocycles. The third kappa shape index (κ3) is 3.48. The summed E-state index contributed by atoms with van der Waals surface area (Å²) in [6, 6.07) is 1.85. The molecule has 0 amide bonds. The lowest BCUT2D eigenvalue weighted by atomic mass is 10.5. The SMILES string of the molecule is CCOCCOc1npccc1OC. The van der Waals surface area contributed by atoms with E-state index in [1.165, 1.54) is 0 Å². The molecule has 5 heteroatoms. The Morgan fingerprint density at radius 3 is 3.00 bits per heavy atom. The molecular weight excluding hydrogens is 201 g/mol. The third-order valence-corrected chi connectivity index (χ3v) is 2.12. The fourth-order valence-corrected chi connectivity index (χ4v) is 1.43. The molecule has 0 spiro atoms. The van der Waals surface area contributed by atoms with Gasteiger partial charge in [0.15, 0.2) is 5.75 Å². The first-order chi connectivity index (χ1) is 6.88. The number of ether oxygens (including phenoxy) is 3. The van der Waals surface area contributed by atoms with E-state index in [-0.39, 0.29) is 0 Å². The van der Waals surface area contributed by atoms with Gasteiger partial charge >= 0.3 is 0 Å². The van der Waals surface area contributed by atoms with Crippen LogP contribution in [0.3, 0.4) is 0 Å². The second-order valence-electron chi connectivity index (χ2n) is 2.45. The van der Waals surface area contributed by atoms with Crippen LogP contribution in [0.1, 0.15) is 6.92 Å². The van der Waals surface area contributed by atoms with E-state index in [0.29, 0.717) is 31.5 Å². The Bertz CT molecular complexity index is 270. The number of hydrogen-bond acceptors (Lipinski definition) is 4. The van der Waals surface area contributed by atoms with Crippen LogP contribution in [0, 0.1) is 0 Å². The normalized spacial score (nSPS) is 10.4. The predicted molar refractivity (Wildman–Crippen MR) is 55.3 cm³/mol. The fourth-order valence-electron chi connectivity index (χ4n) is 0.904. The Morgan fingerprint density at radius 2 is 2.29 bits per heavy atom. The van der Waals surface area contributed by atoms with Gasteiger partial charge in [0, 0.05) is 15.0 Å². The highest BCUT2D eigenvalue weighted by atomic mass is 31.0. The van der Waals surface area contributed by atoms with Crippen LogP contribution < -0.4 is 9.47 Å². The largest absolute Gasteiger partial charge is 0.491 e. The Hall–Kier alpha value is -0.860. The molecule has 0 fully saturated rings. The molecule has 0 unspecified atom stereocenters. The van der Waals surface area contributed by atoms with E-state index < -0.39 is 0 Å². The summed E-state index contributed by atoms with van der Waals surface area (Å²) in [5.41, 5.74) is 0. The lowest BCUT2D eigenvalue weighted by Gasteiger charge is -2.08. The molecule has 0 saturated heterocycles. The topological polar surface area (TPSA) is 40.6 Å². The minimum atomic E-state index is 0.503. The number of rotatable bonds is 6. The van der Waals surface area contributed by atoms with Crippen molar-refractivity contribution in [3.8, 4) is 11.6 Å². The summed E-state index contributed by atoms with van der Waals surface area (Å²) < 4.78 is 19.8. The van der Waals surface area contributed by atoms with Gasteiger partial charge in [-0.15, -0.1) is 0 Å². The van der Waals surface area contributed by atoms with E-state index >= 15 is 0 Å². The van der Waals surface area contributed by atoms with Gasteiger partial charge in [0.2, 0.25) is 0 Å². The summed E-state index contributed by atoms with van der Waals surface area (Å²) in [4.78, 5) is 0. The molecule has 4 nitrogen and oxygen atoms in total. The first-order valence-electron chi connectivity index (χ1n) is 4.44. The quantitative estimate of drug-likeness (QED) is 0.681. The van der Waals surface area contributed by atoms with Crippen LogP contribution >= 0.6 is 8.35 Å². The van der Waals surface area contributed by atoms with Gasteiger partial charge in [-0.3, -0.25) is 0 Å². The first kappa shape index (κ1) is 11.2. The van der Waals surface area contributed by atoms with E-state index in [4.69, 9.17) is 14.2 Å². The van der Waals surface area contributed by atoms with Crippen molar-refractivity contribution in [2.75, 3.05) is 26.9 Å². The van der Waals surface area contributed by atoms with Gasteiger partial charge in [0.05, 0.1) is 13.7 Å². The summed E-state index contributed by atoms with van der Waals surface area (Å²) in [7, 11) is 2.48. The minimum absolute atomic E-state index is 0.503. The van der Waals surface area contributed by atoms with E-state index in [1.807, 2.05) is 18.8 Å². The van der Waals surface area contributed by atoms with Crippen molar-refractivity contribution >= 4 is 8.35 Å². The van der Waals surface area contributed by atoms with Crippen molar-refractivity contribution < 1.29 is 14.2 Å². The Morgan fingerprint density at radius 1 is 1.43 bits per heavy atom. The molecule has 0 N–H and O–H groups in total. The molecule has 0 atom stereocenters. The van der Waals surface area contributed by atoms with Gasteiger partial charge in [-0.2, -0.15) is 4.75 Å². The predicted octanol–water partition coefficient (Wildman–Crippen LogP) is 2.09. The third-order valence-electron chi connectivity index (χ3n) is 1.54. The van der Waals surface area contributed by atoms with Gasteiger partial charge < -0.3 is 14.2 Å². The number of aromatic nitrogens is 1. The number of nitrogens with zero attached hydrogens (tertiary/aromatic N) is 1. The van der Waals surface area contributed by atoms with E-state index in [9.17, 15) is 0 Å². The monoisotopic (exact) mass is 215 g/mol. The highest BCUT2D eigenvalue weighted by Gasteiger charge is 2.03. The van der Waals surface area contributed by atoms with Crippen molar-refractivity contribution in [2.45, 2.75) is 6.92 Å². The fraction of sp³-hybridized carbons (Fsp3) is 0.556. The minimum Gasteiger partial charge on any atom is -0.491 e. The maximum atomic E-state index is 5.39. The standard InChI is InChI=1S/C9H14NO3P/c1-3-12-5-6-13-9-8(11-2)4-7-14-10-9/h4,7H,3,5-6H2,1-2H3. The maximum absolute atomic E-state index is 5.39. The second kappa shape index (κ2) is 6.57. The van der Waals surface area contributed by atoms with Gasteiger partial charge in [-0.05, 0) is 18.8 Å². The van der Waals surface area contributed by atoms with Crippen LogP contribution in [0.2, 0.25) is 0 Å². The molecule has 0 aliphatic rings. The molecule has 1 heterocycles. The highest BCUT2D eigenvalue weighted by Crippen LogP contribution is 2.25. The van der Waals surface area contributed by atoms with E-state index in [2.05, 4.69) is 4.75 Å². The molecule has 1 aromatic heterocycles. The number of methoxy groups -OCH3 is 1. The Balaban J connectivity index is 2.41. The maximum Gasteiger partial charge on any atom is 0.261 e. The van der Waals surface area contributed by atoms with Gasteiger partial charge in [0.1, 0.15) is 6.61 Å². The molecule has 1 aromatic rings. The van der Waals surface area contributed by atoms with Gasteiger partial charge in [-0.1, -0.05) is 0 Å². The average molecular weight is 215 g/mol. The van der Waals surface area contributed by atoms with E-state index in [1.54, 1.807) is 7.11 Å². The zero-order valence-electron chi connectivity index (χ0n) is 8.40. The summed E-state index contributed by atoms with van der Waals surface area (Å²) in [6.07, 6.45) is 0. The van der Waals surface area contributed by atoms with Crippen molar-refractivity contribution in [3.05, 3.63) is 11.9 Å². The van der Waals surface area contributed by atoms with Crippen LogP contribution in [0.4, 0.5) is 0 Å². The van der Waals surface area contributed by atoms with Crippen molar-refractivity contribution in [1.29, 1.82) is 0 Å². The van der Waals surface area contributed by atoms with Crippen LogP contribution in [0.15, 0.2) is 11.9 Å². The smallest absolute Gasteiger partial charge is 0.261 e. The van der Waals surface area contributed by atoms with Crippen molar-refractivity contribution in [2.24, 2.45) is 0 Å². The average Bonchev–Trinajstić information content (AvgIpc) is 2.25. The van der Waals surface area contributed by atoms with Gasteiger partial charge in [0.25, 0.3) is 5.88 Å². The van der Waals surface area contributed by atoms with Gasteiger partial charge in [-0.25, -0.2) is 0 Å². The molecule has 14 heavy (non-hydrogen) atoms. The molecule has 1 rings (SSSR count). The Labute approximate surface area is 85.4 Å². The van der Waals surface area contributed by atoms with E-state index in [0.717, 1.165) is 8.35 Å². The van der Waals surface area contributed by atoms with Crippen LogP contribution in [0.25, 0.3) is 0 Å². The second-order valence-corrected chi connectivity index (χ2v) is 3.18. The molecule has 0 aliphatic heterocycles. The summed E-state index contributed by atoms with van der Waals surface area (Å²) >= 11 is 0. The Kier molecular flexibility index (Phi) is 5.27. The van der Waals surface area contributed by atoms with Crippen LogP contribution in [-0.2, 0) is 4.74 Å². The summed E-state index contributed by atoms with van der Waals surface area (Å²) in [5.74, 6) is 3.12. The molecule has 0 radical (unpaired) electrons. The summed E-state index contributed by atoms with van der Waals surface area (Å²) in [6.45, 7) is 3.73. The van der Waals surface area contributed by atoms with Crippen LogP contribution in [-0.4, -0.2) is 31.7 Å². The highest BCUT2D eigenvalue weighted by molar-refractivity contribution is 7.24. The molecule has 0 aromatic carbocycles. The van der Waals surface area contributed by atoms with Crippen LogP contribution in [0.5, 0.6) is 11.6 Å². The molecule has 0 bridgehead atoms. The zero-order chi connectivity index (χ0) is 10.2. The lowest BCUT2D eigenvalue weighted by Crippen LogP contribution is -2.07. The molecule has 78 valence electrons. The lowest BCUT2D eigenvalue weighted by molar-refractivity contribution is 0.107.